The largest absolute Gasteiger partial charge is 0.147 e. The van der Waals surface area contributed by atoms with Crippen LogP contribution in [0.3, 0.4) is 0 Å². The summed E-state index contributed by atoms with van der Waals surface area (Å²) < 4.78 is 7.72. The maximum atomic E-state index is 3.86. The predicted octanol–water partition coefficient (Wildman–Crippen LogP) is 3.04. The first-order valence-corrected chi connectivity index (χ1v) is 15.0. The second kappa shape index (κ2) is 8.66. The molecule has 0 amide bonds. The molecule has 16 heavy (non-hydrogen) atoms. The third-order valence-electron chi connectivity index (χ3n) is 1.60. The van der Waals surface area contributed by atoms with Gasteiger partial charge < -0.3 is 0 Å². The summed E-state index contributed by atoms with van der Waals surface area (Å²) in [7, 11) is 0. The molecule has 101 valence electrons. The van der Waals surface area contributed by atoms with Gasteiger partial charge in [0.1, 0.15) is 0 Å². The molecule has 0 radical (unpaired) electrons. The van der Waals surface area contributed by atoms with E-state index in [9.17, 15) is 0 Å². The van der Waals surface area contributed by atoms with E-state index in [1.807, 2.05) is 0 Å². The Morgan fingerprint density at radius 2 is 1.00 bits per heavy atom. The van der Waals surface area contributed by atoms with Gasteiger partial charge in [0.05, 0.1) is 0 Å². The van der Waals surface area contributed by atoms with Crippen LogP contribution < -0.4 is 6.52 Å². The molecule has 6 heteroatoms. The summed E-state index contributed by atoms with van der Waals surface area (Å²) in [5, 5.41) is 0. The molecule has 0 bridgehead atoms. The van der Waals surface area contributed by atoms with Gasteiger partial charge in [-0.3, -0.25) is 0 Å². The Hall–Kier alpha value is 1.60. The van der Waals surface area contributed by atoms with Crippen LogP contribution in [-0.2, 0) is 21.5 Å². The molecule has 0 spiro atoms. The number of nitrogens with one attached hydrogen (secondary N) is 2. The van der Waals surface area contributed by atoms with Crippen LogP contribution in [0.15, 0.2) is 0 Å². The Bertz CT molecular complexity index is 163. The topological polar surface area (TPSA) is 24.1 Å². The van der Waals surface area contributed by atoms with E-state index in [4.69, 9.17) is 0 Å². The summed E-state index contributed by atoms with van der Waals surface area (Å²) in [6.07, 6.45) is 0. The Labute approximate surface area is 124 Å². The quantitative estimate of drug-likeness (QED) is 0.749. The van der Waals surface area contributed by atoms with Crippen molar-refractivity contribution in [1.82, 2.24) is 6.52 Å². The van der Waals surface area contributed by atoms with Crippen molar-refractivity contribution in [3.05, 3.63) is 0 Å². The molecule has 2 N–H and O–H groups in total. The average molecular weight is 368 g/mol. The van der Waals surface area contributed by atoms with Gasteiger partial charge in [0.25, 0.3) is 0 Å². The summed E-state index contributed by atoms with van der Waals surface area (Å²) >= 11 is -1.51. The third kappa shape index (κ3) is 13.7. The van der Waals surface area contributed by atoms with Gasteiger partial charge in [-0.15, -0.1) is 24.8 Å². The first-order chi connectivity index (χ1) is 6.01. The van der Waals surface area contributed by atoms with E-state index in [-0.39, 0.29) is 35.9 Å². The van der Waals surface area contributed by atoms with E-state index in [2.05, 4.69) is 61.2 Å². The van der Waals surface area contributed by atoms with Crippen LogP contribution in [0.4, 0.5) is 0 Å². The molecule has 2 nitrogen and oxygen atoms in total. The molecule has 0 aromatic rings. The monoisotopic (exact) mass is 365 g/mol. The normalized spacial score (nSPS) is 11.8. The van der Waals surface area contributed by atoms with Crippen LogP contribution in [0, 0.1) is 0 Å². The molecule has 0 saturated carbocycles. The van der Waals surface area contributed by atoms with Crippen LogP contribution >= 0.6 is 24.8 Å². The van der Waals surface area contributed by atoms with Crippen molar-refractivity contribution in [2.75, 3.05) is 0 Å². The maximum Gasteiger partial charge on any atom is -0.147 e. The van der Waals surface area contributed by atoms with Crippen molar-refractivity contribution in [3.63, 3.8) is 0 Å². The van der Waals surface area contributed by atoms with E-state index in [0.717, 1.165) is 0 Å². The van der Waals surface area contributed by atoms with Crippen LogP contribution in [0.5, 0.6) is 0 Å². The molecule has 0 aromatic carbocycles. The van der Waals surface area contributed by atoms with Gasteiger partial charge in [0.15, 0.2) is 0 Å². The zero-order valence-electron chi connectivity index (χ0n) is 11.9. The van der Waals surface area contributed by atoms with Gasteiger partial charge in [-0.1, -0.05) is 0 Å². The van der Waals surface area contributed by atoms with Crippen molar-refractivity contribution >= 4 is 30.7 Å². The van der Waals surface area contributed by atoms with Crippen molar-refractivity contribution in [2.45, 2.75) is 65.7 Å². The first kappa shape index (κ1) is 22.8. The van der Waals surface area contributed by atoms with Gasteiger partial charge in [-0.05, 0) is 0 Å². The van der Waals surface area contributed by atoms with E-state index in [1.165, 1.54) is 0 Å². The molecule has 0 aromatic heterocycles. The van der Waals surface area contributed by atoms with Crippen LogP contribution in [0.2, 0.25) is 13.1 Å². The van der Waals surface area contributed by atoms with E-state index >= 15 is 0 Å². The molecule has 0 unspecified atom stereocenters. The summed E-state index contributed by atoms with van der Waals surface area (Å²) in [6.45, 7) is 18.6. The summed E-state index contributed by atoms with van der Waals surface area (Å²) in [4.78, 5) is 0. The minimum Gasteiger partial charge on any atom is -0.147 e. The van der Waals surface area contributed by atoms with Crippen LogP contribution in [0.1, 0.15) is 41.5 Å². The Kier molecular flexibility index (Phi) is 12.3. The molecule has 0 heterocycles. The van der Waals surface area contributed by atoms with Gasteiger partial charge in [0, 0.05) is 0 Å². The summed E-state index contributed by atoms with van der Waals surface area (Å²) in [5.74, 6) is -0.511. The summed E-state index contributed by atoms with van der Waals surface area (Å²) in [6, 6.07) is 0. The fraction of sp³-hybridized carbons (Fsp3) is 1.00. The molecule has 0 fully saturated rings. The fourth-order valence-corrected chi connectivity index (χ4v) is 15.2. The minimum atomic E-state index is -1.51. The van der Waals surface area contributed by atoms with Gasteiger partial charge in [0.2, 0.25) is 0 Å². The molecular formula is C10H29Cl2N2SiZr. The Morgan fingerprint density at radius 1 is 0.750 bits per heavy atom. The summed E-state index contributed by atoms with van der Waals surface area (Å²) in [5.41, 5.74) is 0.564. The first-order valence-electron chi connectivity index (χ1n) is 5.44. The molecule has 0 aliphatic carbocycles. The number of hydrogen-bond acceptors (Lipinski definition) is 2. The van der Waals surface area contributed by atoms with Crippen molar-refractivity contribution < 1.29 is 21.5 Å². The predicted molar refractivity (Wildman–Crippen MR) is 79.2 cm³/mol. The second-order valence-electron chi connectivity index (χ2n) is 6.32. The SMILES string of the molecule is C[SiH](C)[Zr]([NH]C(C)(C)C)[NH]C(C)(C)C.Cl.Cl. The molecule has 0 saturated heterocycles. The number of rotatable bonds is 3. The third-order valence-corrected chi connectivity index (χ3v) is 18.0. The Balaban J connectivity index is -0.000000845. The molecule has 0 rings (SSSR count). The van der Waals surface area contributed by atoms with Crippen LogP contribution in [0.25, 0.3) is 0 Å². The van der Waals surface area contributed by atoms with E-state index < -0.39 is 27.4 Å². The van der Waals surface area contributed by atoms with Gasteiger partial charge >= 0.3 is 99.7 Å². The van der Waals surface area contributed by atoms with Crippen molar-refractivity contribution in [2.24, 2.45) is 0 Å². The van der Waals surface area contributed by atoms with Gasteiger partial charge in [-0.2, -0.15) is 0 Å². The molecular weight excluding hydrogens is 338 g/mol. The molecule has 0 aliphatic heterocycles. The molecule has 0 atom stereocenters. The fourth-order valence-electron chi connectivity index (χ4n) is 1.13. The van der Waals surface area contributed by atoms with Crippen molar-refractivity contribution in [1.29, 1.82) is 0 Å². The Morgan fingerprint density at radius 3 is 1.12 bits per heavy atom. The zero-order chi connectivity index (χ0) is 11.6. The minimum absolute atomic E-state index is 0. The smallest absolute Gasteiger partial charge is 0.147 e. The maximum absolute atomic E-state index is 3.86. The van der Waals surface area contributed by atoms with E-state index in [1.54, 1.807) is 0 Å². The average Bonchev–Trinajstić information content (AvgIpc) is 1.78. The standard InChI is InChI=1S/2C4H10N.C2H7Si.2ClH.Zr/c2*1-4(2,3)5;1-3-2;;;/h2*5H,1-3H3;3H,1-2H3;2*1H;/q2*-1;;;;+2. The van der Waals surface area contributed by atoms with Gasteiger partial charge in [-0.25, -0.2) is 0 Å². The van der Waals surface area contributed by atoms with Crippen molar-refractivity contribution in [3.8, 4) is 0 Å². The van der Waals surface area contributed by atoms with Crippen LogP contribution in [-0.4, -0.2) is 17.0 Å². The molecule has 0 aliphatic rings. The number of hydrogen-bond donors (Lipinski definition) is 2. The zero-order valence-corrected chi connectivity index (χ0v) is 17.1. The second-order valence-corrected chi connectivity index (χ2v) is 23.8. The number of halogens is 2. The van der Waals surface area contributed by atoms with E-state index in [0.29, 0.717) is 0 Å².